The van der Waals surface area contributed by atoms with Gasteiger partial charge in [-0.05, 0) is 112 Å². The lowest BCUT2D eigenvalue weighted by atomic mass is 9.78. The molecule has 0 bridgehead atoms. The van der Waals surface area contributed by atoms with E-state index in [1.807, 2.05) is 6.07 Å². The third kappa shape index (κ3) is 3.99. The van der Waals surface area contributed by atoms with Gasteiger partial charge in [-0.1, -0.05) is 159 Å². The van der Waals surface area contributed by atoms with Gasteiger partial charge in [0.2, 0.25) is 0 Å². The molecule has 1 aliphatic carbocycles. The van der Waals surface area contributed by atoms with Crippen LogP contribution in [0.15, 0.2) is 174 Å². The van der Waals surface area contributed by atoms with Crippen molar-refractivity contribution < 1.29 is 4.42 Å². The van der Waals surface area contributed by atoms with Crippen LogP contribution in [0.5, 0.6) is 0 Å². The lowest BCUT2D eigenvalue weighted by molar-refractivity contribution is 0.661. The molecule has 0 saturated carbocycles. The fraction of sp³-hybridized carbons (Fsp3) is 0.0588. The van der Waals surface area contributed by atoms with E-state index < -0.39 is 0 Å². The first-order valence-corrected chi connectivity index (χ1v) is 18.2. The number of benzene rings is 9. The van der Waals surface area contributed by atoms with Crippen molar-refractivity contribution in [2.45, 2.75) is 19.3 Å². The van der Waals surface area contributed by atoms with Crippen LogP contribution >= 0.6 is 0 Å². The van der Waals surface area contributed by atoms with Crippen LogP contribution in [0.4, 0.5) is 0 Å². The molecule has 0 radical (unpaired) electrons. The molecule has 0 aliphatic heterocycles. The molecule has 0 unspecified atom stereocenters. The second-order valence-corrected chi connectivity index (χ2v) is 14.8. The van der Waals surface area contributed by atoms with E-state index in [0.717, 1.165) is 16.6 Å². The van der Waals surface area contributed by atoms with Gasteiger partial charge in [-0.3, -0.25) is 0 Å². The van der Waals surface area contributed by atoms with Gasteiger partial charge in [-0.2, -0.15) is 0 Å². The third-order valence-electron chi connectivity index (χ3n) is 11.7. The Hall–Kier alpha value is -6.44. The highest BCUT2D eigenvalue weighted by Crippen LogP contribution is 2.55. The van der Waals surface area contributed by atoms with Gasteiger partial charge < -0.3 is 4.42 Å². The lowest BCUT2D eigenvalue weighted by Crippen LogP contribution is -2.15. The Labute approximate surface area is 302 Å². The Kier molecular flexibility index (Phi) is 6.08. The molecule has 1 aliphatic rings. The Morgan fingerprint density at radius 3 is 1.56 bits per heavy atom. The van der Waals surface area contributed by atoms with Gasteiger partial charge in [0, 0.05) is 16.2 Å². The highest BCUT2D eigenvalue weighted by atomic mass is 16.3. The first-order valence-electron chi connectivity index (χ1n) is 18.2. The molecule has 0 spiro atoms. The van der Waals surface area contributed by atoms with Crippen LogP contribution in [0.3, 0.4) is 0 Å². The first-order chi connectivity index (χ1) is 25.6. The van der Waals surface area contributed by atoms with Crippen molar-refractivity contribution in [2.75, 3.05) is 0 Å². The normalized spacial score (nSPS) is 13.3. The number of para-hydroxylation sites is 1. The zero-order valence-corrected chi connectivity index (χ0v) is 29.1. The van der Waals surface area contributed by atoms with E-state index in [1.165, 1.54) is 93.3 Å². The molecule has 1 heterocycles. The summed E-state index contributed by atoms with van der Waals surface area (Å²) in [7, 11) is 0. The topological polar surface area (TPSA) is 13.1 Å². The fourth-order valence-corrected chi connectivity index (χ4v) is 9.29. The lowest BCUT2D eigenvalue weighted by Gasteiger charge is -2.24. The van der Waals surface area contributed by atoms with Gasteiger partial charge in [-0.15, -0.1) is 0 Å². The van der Waals surface area contributed by atoms with Gasteiger partial charge in [0.1, 0.15) is 11.2 Å². The Morgan fingerprint density at radius 1 is 0.346 bits per heavy atom. The zero-order valence-electron chi connectivity index (χ0n) is 29.1. The van der Waals surface area contributed by atoms with E-state index in [0.29, 0.717) is 0 Å². The van der Waals surface area contributed by atoms with Gasteiger partial charge >= 0.3 is 0 Å². The quantitative estimate of drug-likeness (QED) is 0.172. The molecule has 1 nitrogen and oxygen atoms in total. The monoisotopic (exact) mass is 662 g/mol. The standard InChI is InChI=1S/C51H34O/c1-51(2)43-29-32(31-15-4-3-5-16-31)27-28-39(43)49-34-18-7-6-17-33(34)42(30-44(49)51)48-37-21-10-8-19-35(37)47(36-20-9-11-22-38(36)48)41-24-14-26-46-50(41)40-23-12-13-25-45(40)52-46/h3-30H,1-2H3. The summed E-state index contributed by atoms with van der Waals surface area (Å²) in [4.78, 5) is 0. The average molecular weight is 663 g/mol. The van der Waals surface area contributed by atoms with Crippen molar-refractivity contribution in [3.8, 4) is 44.5 Å². The van der Waals surface area contributed by atoms with Crippen molar-refractivity contribution in [2.24, 2.45) is 0 Å². The molecule has 1 heteroatoms. The van der Waals surface area contributed by atoms with Crippen LogP contribution in [0.2, 0.25) is 0 Å². The molecule has 0 amide bonds. The van der Waals surface area contributed by atoms with Gasteiger partial charge in [0.05, 0.1) is 0 Å². The Balaban J connectivity index is 1.23. The molecular weight excluding hydrogens is 629 g/mol. The number of rotatable bonds is 3. The highest BCUT2D eigenvalue weighted by molar-refractivity contribution is 6.27. The Bertz CT molecular complexity index is 3030. The summed E-state index contributed by atoms with van der Waals surface area (Å²) in [5.74, 6) is 0. The molecule has 0 N–H and O–H groups in total. The minimum Gasteiger partial charge on any atom is -0.456 e. The van der Waals surface area contributed by atoms with Crippen LogP contribution in [-0.4, -0.2) is 0 Å². The van der Waals surface area contributed by atoms with Crippen LogP contribution in [0.25, 0.3) is 98.8 Å². The van der Waals surface area contributed by atoms with E-state index >= 15 is 0 Å². The highest BCUT2D eigenvalue weighted by Gasteiger charge is 2.38. The van der Waals surface area contributed by atoms with Crippen molar-refractivity contribution in [1.82, 2.24) is 0 Å². The van der Waals surface area contributed by atoms with Gasteiger partial charge in [-0.25, -0.2) is 0 Å². The van der Waals surface area contributed by atoms with E-state index in [4.69, 9.17) is 4.42 Å². The molecule has 1 aromatic heterocycles. The van der Waals surface area contributed by atoms with Crippen LogP contribution < -0.4 is 0 Å². The minimum atomic E-state index is -0.183. The SMILES string of the molecule is CC1(C)c2cc(-c3ccccc3)ccc2-c2c1cc(-c1c3ccccc3c(-c3cccc4oc5ccccc5c34)c3ccccc13)c1ccccc21. The fourth-order valence-electron chi connectivity index (χ4n) is 9.29. The van der Waals surface area contributed by atoms with Gasteiger partial charge in [0.25, 0.3) is 0 Å². The second-order valence-electron chi connectivity index (χ2n) is 14.8. The predicted octanol–water partition coefficient (Wildman–Crippen LogP) is 14.4. The maximum Gasteiger partial charge on any atom is 0.136 e. The van der Waals surface area contributed by atoms with Crippen molar-refractivity contribution in [3.05, 3.63) is 181 Å². The third-order valence-corrected chi connectivity index (χ3v) is 11.7. The summed E-state index contributed by atoms with van der Waals surface area (Å²) in [6.45, 7) is 4.81. The summed E-state index contributed by atoms with van der Waals surface area (Å²) in [5, 5.41) is 9.90. The van der Waals surface area contributed by atoms with Crippen molar-refractivity contribution in [1.29, 1.82) is 0 Å². The van der Waals surface area contributed by atoms with E-state index in [1.54, 1.807) is 0 Å². The largest absolute Gasteiger partial charge is 0.456 e. The molecule has 10 aromatic rings. The summed E-state index contributed by atoms with van der Waals surface area (Å²) in [6.07, 6.45) is 0. The number of fused-ring (bicyclic) bond motifs is 10. The van der Waals surface area contributed by atoms with Crippen molar-refractivity contribution in [3.63, 3.8) is 0 Å². The first kappa shape index (κ1) is 29.3. The summed E-state index contributed by atoms with van der Waals surface area (Å²) >= 11 is 0. The zero-order chi connectivity index (χ0) is 34.6. The van der Waals surface area contributed by atoms with Crippen LogP contribution in [0.1, 0.15) is 25.0 Å². The predicted molar refractivity (Wildman–Crippen MR) is 220 cm³/mol. The molecule has 244 valence electrons. The van der Waals surface area contributed by atoms with Crippen LogP contribution in [0, 0.1) is 0 Å². The second kappa shape index (κ2) is 10.8. The maximum atomic E-state index is 6.40. The Morgan fingerprint density at radius 2 is 0.885 bits per heavy atom. The van der Waals surface area contributed by atoms with E-state index in [2.05, 4.69) is 178 Å². The molecule has 52 heavy (non-hydrogen) atoms. The number of hydrogen-bond acceptors (Lipinski definition) is 1. The molecular formula is C51H34O. The molecule has 0 saturated heterocycles. The minimum absolute atomic E-state index is 0.183. The molecule has 9 aromatic carbocycles. The molecule has 11 rings (SSSR count). The smallest absolute Gasteiger partial charge is 0.136 e. The average Bonchev–Trinajstić information content (AvgIpc) is 3.69. The van der Waals surface area contributed by atoms with E-state index in [9.17, 15) is 0 Å². The van der Waals surface area contributed by atoms with Crippen molar-refractivity contribution >= 4 is 54.3 Å². The maximum absolute atomic E-state index is 6.40. The summed E-state index contributed by atoms with van der Waals surface area (Å²) in [6, 6.07) is 62.3. The summed E-state index contributed by atoms with van der Waals surface area (Å²) < 4.78 is 6.40. The number of hydrogen-bond donors (Lipinski definition) is 0. The van der Waals surface area contributed by atoms with Crippen LogP contribution in [-0.2, 0) is 5.41 Å². The van der Waals surface area contributed by atoms with Gasteiger partial charge in [0.15, 0.2) is 0 Å². The van der Waals surface area contributed by atoms with E-state index in [-0.39, 0.29) is 5.41 Å². The number of furan rings is 1. The molecule has 0 atom stereocenters. The molecule has 0 fully saturated rings. The summed E-state index contributed by atoms with van der Waals surface area (Å²) in [5.41, 5.74) is 14.6.